The van der Waals surface area contributed by atoms with Crippen LogP contribution in [0, 0.1) is 0 Å². The van der Waals surface area contributed by atoms with Crippen LogP contribution >= 0.6 is 0 Å². The molecule has 1 aromatic heterocycles. The molecule has 0 saturated carbocycles. The molecule has 0 unspecified atom stereocenters. The monoisotopic (exact) mass is 178 g/mol. The first kappa shape index (κ1) is 7.72. The van der Waals surface area contributed by atoms with Crippen molar-refractivity contribution in [1.29, 1.82) is 0 Å². The van der Waals surface area contributed by atoms with E-state index in [0.717, 1.165) is 10.9 Å². The van der Waals surface area contributed by atoms with Gasteiger partial charge in [0.15, 0.2) is 0 Å². The van der Waals surface area contributed by atoms with Gasteiger partial charge in [0.1, 0.15) is 5.75 Å². The molecular weight excluding hydrogens is 168 g/mol. The summed E-state index contributed by atoms with van der Waals surface area (Å²) in [5.74, 6) is 0.0736. The summed E-state index contributed by atoms with van der Waals surface area (Å²) in [5, 5.41) is 14.3. The van der Waals surface area contributed by atoms with Crippen LogP contribution in [-0.2, 0) is 0 Å². The lowest BCUT2D eigenvalue weighted by atomic mass is 10.2. The second-order valence-electron chi connectivity index (χ2n) is 2.75. The van der Waals surface area contributed by atoms with Gasteiger partial charge in [-0.25, -0.2) is 0 Å². The number of aromatic hydroxyl groups is 1. The van der Waals surface area contributed by atoms with E-state index in [-0.39, 0.29) is 5.75 Å². The van der Waals surface area contributed by atoms with Gasteiger partial charge in [0, 0.05) is 18.5 Å². The maximum absolute atomic E-state index is 9.36. The van der Waals surface area contributed by atoms with Gasteiger partial charge in [-0.2, -0.15) is 9.89 Å². The zero-order chi connectivity index (χ0) is 9.42. The maximum Gasteiger partial charge on any atom is 0.140 e. The van der Waals surface area contributed by atoms with Gasteiger partial charge < -0.3 is 16.3 Å². The van der Waals surface area contributed by atoms with E-state index >= 15 is 0 Å². The third-order valence-corrected chi connectivity index (χ3v) is 1.93. The summed E-state index contributed by atoms with van der Waals surface area (Å²) in [5.41, 5.74) is 9.54. The number of phenols is 1. The molecule has 0 aliphatic carbocycles. The van der Waals surface area contributed by atoms with Crippen LogP contribution in [0.5, 0.6) is 5.75 Å². The Labute approximate surface area is 74.7 Å². The van der Waals surface area contributed by atoms with E-state index in [0.29, 0.717) is 5.69 Å². The van der Waals surface area contributed by atoms with Crippen molar-refractivity contribution in [2.75, 3.05) is 18.2 Å². The molecule has 1 aromatic carbocycles. The zero-order valence-corrected chi connectivity index (χ0v) is 7.15. The molecule has 68 valence electrons. The number of anilines is 1. The predicted molar refractivity (Wildman–Crippen MR) is 51.1 cm³/mol. The second-order valence-corrected chi connectivity index (χ2v) is 2.75. The molecule has 0 fully saturated rings. The van der Waals surface area contributed by atoms with Gasteiger partial charge in [0.05, 0.1) is 17.4 Å². The van der Waals surface area contributed by atoms with E-state index in [4.69, 9.17) is 5.73 Å². The predicted octanol–water partition coefficient (Wildman–Crippen LogP) is 0.497. The van der Waals surface area contributed by atoms with Crippen molar-refractivity contribution in [3.8, 4) is 5.75 Å². The van der Waals surface area contributed by atoms with Crippen molar-refractivity contribution in [3.63, 3.8) is 0 Å². The minimum absolute atomic E-state index is 0.0736. The van der Waals surface area contributed by atoms with Crippen LogP contribution in [0.2, 0.25) is 0 Å². The Kier molecular flexibility index (Phi) is 1.51. The lowest BCUT2D eigenvalue weighted by molar-refractivity contribution is 0.478. The van der Waals surface area contributed by atoms with Gasteiger partial charge >= 0.3 is 0 Å². The van der Waals surface area contributed by atoms with Crippen molar-refractivity contribution < 1.29 is 5.11 Å². The number of hydrogen-bond donors (Lipinski definition) is 3. The first-order valence-corrected chi connectivity index (χ1v) is 3.86. The van der Waals surface area contributed by atoms with E-state index in [2.05, 4.69) is 10.5 Å². The Bertz CT molecular complexity index is 449. The van der Waals surface area contributed by atoms with Crippen molar-refractivity contribution in [2.24, 2.45) is 0 Å². The molecular formula is C8H10N4O. The van der Waals surface area contributed by atoms with Crippen LogP contribution in [0.3, 0.4) is 0 Å². The lowest BCUT2D eigenvalue weighted by Gasteiger charge is -2.02. The maximum atomic E-state index is 9.36. The van der Waals surface area contributed by atoms with Gasteiger partial charge in [-0.05, 0) is 6.07 Å². The van der Waals surface area contributed by atoms with Gasteiger partial charge in [0.2, 0.25) is 0 Å². The molecule has 5 nitrogen and oxygen atoms in total. The SMILES string of the molecule is CNn1ncc2cc(N)c(O)cc21. The van der Waals surface area contributed by atoms with Crippen molar-refractivity contribution >= 4 is 16.6 Å². The minimum atomic E-state index is 0.0736. The number of benzene rings is 1. The number of aromatic nitrogens is 2. The van der Waals surface area contributed by atoms with Crippen LogP contribution < -0.4 is 11.2 Å². The molecule has 2 rings (SSSR count). The Hall–Kier alpha value is -1.91. The summed E-state index contributed by atoms with van der Waals surface area (Å²) < 4.78 is 0. The van der Waals surface area contributed by atoms with E-state index < -0.39 is 0 Å². The number of hydrogen-bond acceptors (Lipinski definition) is 4. The molecule has 0 bridgehead atoms. The fraction of sp³-hybridized carbons (Fsp3) is 0.125. The highest BCUT2D eigenvalue weighted by Gasteiger charge is 2.04. The summed E-state index contributed by atoms with van der Waals surface area (Å²) in [6.07, 6.45) is 1.68. The summed E-state index contributed by atoms with van der Waals surface area (Å²) in [4.78, 5) is 1.56. The average Bonchev–Trinajstić information content (AvgIpc) is 2.48. The Balaban J connectivity index is 2.77. The normalized spacial score (nSPS) is 10.5. The third kappa shape index (κ3) is 1.05. The van der Waals surface area contributed by atoms with Gasteiger partial charge in [0.25, 0.3) is 0 Å². The first-order valence-electron chi connectivity index (χ1n) is 3.86. The summed E-state index contributed by atoms with van der Waals surface area (Å²) in [7, 11) is 1.75. The molecule has 2 aromatic rings. The van der Waals surface area contributed by atoms with Crippen LogP contribution in [0.25, 0.3) is 10.9 Å². The molecule has 1 heterocycles. The standard InChI is InChI=1S/C8H10N4O/c1-10-12-7-3-8(13)6(9)2-5(7)4-11-12/h2-4,10,13H,9H2,1H3. The largest absolute Gasteiger partial charge is 0.506 e. The molecule has 0 spiro atoms. The molecule has 4 N–H and O–H groups in total. The number of fused-ring (bicyclic) bond motifs is 1. The van der Waals surface area contributed by atoms with E-state index in [1.165, 1.54) is 0 Å². The Morgan fingerprint density at radius 3 is 3.00 bits per heavy atom. The Morgan fingerprint density at radius 1 is 1.54 bits per heavy atom. The molecule has 5 heteroatoms. The highest BCUT2D eigenvalue weighted by atomic mass is 16.3. The smallest absolute Gasteiger partial charge is 0.140 e. The molecule has 0 radical (unpaired) electrons. The number of nitrogens with one attached hydrogen (secondary N) is 1. The number of nitrogens with two attached hydrogens (primary N) is 1. The summed E-state index contributed by atoms with van der Waals surface area (Å²) in [6.45, 7) is 0. The number of nitrogen functional groups attached to an aromatic ring is 1. The van der Waals surface area contributed by atoms with E-state index in [1.807, 2.05) is 0 Å². The first-order chi connectivity index (χ1) is 6.22. The summed E-state index contributed by atoms with van der Waals surface area (Å²) in [6, 6.07) is 3.26. The summed E-state index contributed by atoms with van der Waals surface area (Å²) >= 11 is 0. The van der Waals surface area contributed by atoms with Crippen molar-refractivity contribution in [2.45, 2.75) is 0 Å². The average molecular weight is 178 g/mol. The zero-order valence-electron chi connectivity index (χ0n) is 7.15. The van der Waals surface area contributed by atoms with Gasteiger partial charge in [-0.3, -0.25) is 0 Å². The lowest BCUT2D eigenvalue weighted by Crippen LogP contribution is -2.09. The highest BCUT2D eigenvalue weighted by molar-refractivity contribution is 5.85. The van der Waals surface area contributed by atoms with Crippen molar-refractivity contribution in [1.82, 2.24) is 9.89 Å². The Morgan fingerprint density at radius 2 is 2.31 bits per heavy atom. The topological polar surface area (TPSA) is 76.1 Å². The fourth-order valence-corrected chi connectivity index (χ4v) is 1.26. The molecule has 0 aliphatic heterocycles. The van der Waals surface area contributed by atoms with Crippen LogP contribution in [0.4, 0.5) is 5.69 Å². The van der Waals surface area contributed by atoms with E-state index in [9.17, 15) is 5.11 Å². The number of phenolic OH excluding ortho intramolecular Hbond substituents is 1. The van der Waals surface area contributed by atoms with Gasteiger partial charge in [-0.1, -0.05) is 0 Å². The molecule has 0 aliphatic rings. The van der Waals surface area contributed by atoms with E-state index in [1.54, 1.807) is 30.2 Å². The fourth-order valence-electron chi connectivity index (χ4n) is 1.26. The molecule has 0 atom stereocenters. The van der Waals surface area contributed by atoms with Crippen LogP contribution in [-0.4, -0.2) is 22.0 Å². The molecule has 13 heavy (non-hydrogen) atoms. The quantitative estimate of drug-likeness (QED) is 0.439. The number of nitrogens with zero attached hydrogens (tertiary/aromatic N) is 2. The van der Waals surface area contributed by atoms with Crippen molar-refractivity contribution in [3.05, 3.63) is 18.3 Å². The van der Waals surface area contributed by atoms with Crippen LogP contribution in [0.15, 0.2) is 18.3 Å². The van der Waals surface area contributed by atoms with Crippen LogP contribution in [0.1, 0.15) is 0 Å². The van der Waals surface area contributed by atoms with Gasteiger partial charge in [-0.15, -0.1) is 0 Å². The number of rotatable bonds is 1. The molecule has 0 amide bonds. The molecule has 0 saturated heterocycles. The minimum Gasteiger partial charge on any atom is -0.506 e. The highest BCUT2D eigenvalue weighted by Crippen LogP contribution is 2.25. The second kappa shape index (κ2) is 2.55. The third-order valence-electron chi connectivity index (χ3n) is 1.93.